The molecule has 30 heavy (non-hydrogen) atoms. The van der Waals surface area contributed by atoms with Crippen LogP contribution in [0.25, 0.3) is 0 Å². The average molecular weight is 419 g/mol. The monoisotopic (exact) mass is 418 g/mol. The molecule has 0 unspecified atom stereocenters. The summed E-state index contributed by atoms with van der Waals surface area (Å²) in [5, 5.41) is 5.40. The summed E-state index contributed by atoms with van der Waals surface area (Å²) >= 11 is 0. The topological polar surface area (TPSA) is 114 Å². The van der Waals surface area contributed by atoms with E-state index in [1.54, 1.807) is 7.05 Å². The molecule has 1 saturated heterocycles. The average Bonchev–Trinajstić information content (AvgIpc) is 2.75. The Hall–Kier alpha value is -2.61. The molecule has 1 aliphatic rings. The van der Waals surface area contributed by atoms with Crippen LogP contribution in [0.15, 0.2) is 24.3 Å². The van der Waals surface area contributed by atoms with Crippen LogP contribution >= 0.6 is 0 Å². The Labute approximate surface area is 178 Å². The number of nitrogens with two attached hydrogens (primary N) is 1. The van der Waals surface area contributed by atoms with Gasteiger partial charge in [0.2, 0.25) is 18.2 Å². The molecule has 1 aliphatic heterocycles. The molecule has 0 spiro atoms. The zero-order valence-electron chi connectivity index (χ0n) is 17.9. The number of amides is 3. The standard InChI is InChI=1S/C22H34N4O4/c1-16(20(25-15-27)7-8-21(23)28)30-14-18-3-5-19(6-4-18)26-11-9-17(10-12-26)13-22(29)24-2/h3-6,15-17,20H,7-14H2,1-2H3,(H2,23,28)(H,24,29)(H,25,27)/t16-,20+/m1/s1. The molecule has 1 heterocycles. The number of ether oxygens (including phenoxy) is 1. The summed E-state index contributed by atoms with van der Waals surface area (Å²) in [4.78, 5) is 35.7. The van der Waals surface area contributed by atoms with Crippen LogP contribution in [0.1, 0.15) is 44.6 Å². The largest absolute Gasteiger partial charge is 0.372 e. The van der Waals surface area contributed by atoms with Gasteiger partial charge in [-0.1, -0.05) is 12.1 Å². The van der Waals surface area contributed by atoms with Gasteiger partial charge in [0.1, 0.15) is 0 Å². The summed E-state index contributed by atoms with van der Waals surface area (Å²) in [6, 6.07) is 8.02. The Bertz CT molecular complexity index is 687. The van der Waals surface area contributed by atoms with Crippen molar-refractivity contribution in [3.05, 3.63) is 29.8 Å². The van der Waals surface area contributed by atoms with Crippen molar-refractivity contribution in [3.63, 3.8) is 0 Å². The maximum atomic E-state index is 11.5. The number of carbonyl (C=O) groups excluding carboxylic acids is 3. The van der Waals surface area contributed by atoms with Crippen LogP contribution in [-0.2, 0) is 25.7 Å². The molecule has 1 fully saturated rings. The quantitative estimate of drug-likeness (QED) is 0.443. The van der Waals surface area contributed by atoms with Crippen LogP contribution < -0.4 is 21.3 Å². The molecule has 8 heteroatoms. The molecule has 4 N–H and O–H groups in total. The van der Waals surface area contributed by atoms with E-state index in [9.17, 15) is 14.4 Å². The maximum absolute atomic E-state index is 11.5. The number of hydrogen-bond donors (Lipinski definition) is 3. The fourth-order valence-corrected chi connectivity index (χ4v) is 3.75. The van der Waals surface area contributed by atoms with Gasteiger partial charge in [-0.05, 0) is 49.8 Å². The summed E-state index contributed by atoms with van der Waals surface area (Å²) in [6.07, 6.45) is 3.68. The summed E-state index contributed by atoms with van der Waals surface area (Å²) in [7, 11) is 1.68. The van der Waals surface area contributed by atoms with Gasteiger partial charge in [0.25, 0.3) is 0 Å². The first kappa shape index (κ1) is 23.7. The lowest BCUT2D eigenvalue weighted by Gasteiger charge is -2.33. The molecule has 8 nitrogen and oxygen atoms in total. The van der Waals surface area contributed by atoms with Crippen molar-refractivity contribution in [2.24, 2.45) is 11.7 Å². The minimum Gasteiger partial charge on any atom is -0.372 e. The van der Waals surface area contributed by atoms with Gasteiger partial charge in [0.05, 0.1) is 18.8 Å². The van der Waals surface area contributed by atoms with Gasteiger partial charge in [0.15, 0.2) is 0 Å². The Morgan fingerprint density at radius 3 is 2.50 bits per heavy atom. The first-order valence-corrected chi connectivity index (χ1v) is 10.6. The highest BCUT2D eigenvalue weighted by Gasteiger charge is 2.21. The molecule has 1 aromatic rings. The smallest absolute Gasteiger partial charge is 0.220 e. The predicted octanol–water partition coefficient (Wildman–Crippen LogP) is 1.32. The summed E-state index contributed by atoms with van der Waals surface area (Å²) < 4.78 is 5.90. The van der Waals surface area contributed by atoms with Crippen LogP contribution in [0, 0.1) is 5.92 Å². The number of hydrogen-bond acceptors (Lipinski definition) is 5. The second kappa shape index (κ2) is 12.2. The van der Waals surface area contributed by atoms with Crippen molar-refractivity contribution < 1.29 is 19.1 Å². The highest BCUT2D eigenvalue weighted by Crippen LogP contribution is 2.25. The van der Waals surface area contributed by atoms with Crippen molar-refractivity contribution in [2.75, 3.05) is 25.0 Å². The van der Waals surface area contributed by atoms with Crippen LogP contribution in [0.2, 0.25) is 0 Å². The number of primary amides is 1. The van der Waals surface area contributed by atoms with E-state index in [0.29, 0.717) is 31.8 Å². The SMILES string of the molecule is CNC(=O)CC1CCN(c2ccc(CO[C@H](C)[C@H](CCC(N)=O)NC=O)cc2)CC1. The summed E-state index contributed by atoms with van der Waals surface area (Å²) in [5.41, 5.74) is 7.41. The number of carbonyl (C=O) groups is 3. The van der Waals surface area contributed by atoms with Crippen LogP contribution in [0.3, 0.4) is 0 Å². The van der Waals surface area contributed by atoms with Crippen LogP contribution in [0.5, 0.6) is 0 Å². The van der Waals surface area contributed by atoms with Crippen molar-refractivity contribution in [1.29, 1.82) is 0 Å². The van der Waals surface area contributed by atoms with Crippen molar-refractivity contribution in [1.82, 2.24) is 10.6 Å². The second-order valence-electron chi connectivity index (χ2n) is 7.89. The van der Waals surface area contributed by atoms with E-state index >= 15 is 0 Å². The van der Waals surface area contributed by atoms with Gasteiger partial charge in [0, 0.05) is 38.7 Å². The lowest BCUT2D eigenvalue weighted by Crippen LogP contribution is -2.39. The van der Waals surface area contributed by atoms with E-state index in [1.165, 1.54) is 5.69 Å². The van der Waals surface area contributed by atoms with E-state index < -0.39 is 5.91 Å². The third-order valence-electron chi connectivity index (χ3n) is 5.73. The third kappa shape index (κ3) is 7.67. The normalized spacial score (nSPS) is 16.5. The number of nitrogens with one attached hydrogen (secondary N) is 2. The zero-order valence-corrected chi connectivity index (χ0v) is 17.9. The number of rotatable bonds is 12. The van der Waals surface area contributed by atoms with Gasteiger partial charge >= 0.3 is 0 Å². The van der Waals surface area contributed by atoms with Gasteiger partial charge in [-0.3, -0.25) is 14.4 Å². The van der Waals surface area contributed by atoms with E-state index in [-0.39, 0.29) is 24.5 Å². The Morgan fingerprint density at radius 1 is 1.27 bits per heavy atom. The maximum Gasteiger partial charge on any atom is 0.220 e. The molecule has 0 aliphatic carbocycles. The Balaban J connectivity index is 1.80. The third-order valence-corrected chi connectivity index (χ3v) is 5.73. The second-order valence-corrected chi connectivity index (χ2v) is 7.89. The Morgan fingerprint density at radius 2 is 1.93 bits per heavy atom. The molecule has 2 atom stereocenters. The van der Waals surface area contributed by atoms with E-state index in [4.69, 9.17) is 10.5 Å². The fraction of sp³-hybridized carbons (Fsp3) is 0.591. The highest BCUT2D eigenvalue weighted by molar-refractivity contribution is 5.75. The fourth-order valence-electron chi connectivity index (χ4n) is 3.75. The molecule has 3 amide bonds. The number of piperidine rings is 1. The minimum atomic E-state index is -0.395. The number of benzene rings is 1. The highest BCUT2D eigenvalue weighted by atomic mass is 16.5. The minimum absolute atomic E-state index is 0.118. The number of anilines is 1. The van der Waals surface area contributed by atoms with E-state index in [1.807, 2.05) is 19.1 Å². The van der Waals surface area contributed by atoms with Gasteiger partial charge in [-0.25, -0.2) is 0 Å². The molecular weight excluding hydrogens is 384 g/mol. The van der Waals surface area contributed by atoms with Crippen molar-refractivity contribution >= 4 is 23.9 Å². The lowest BCUT2D eigenvalue weighted by atomic mass is 9.93. The van der Waals surface area contributed by atoms with Crippen molar-refractivity contribution in [3.8, 4) is 0 Å². The molecule has 0 bridgehead atoms. The number of nitrogens with zero attached hydrogens (tertiary/aromatic N) is 1. The lowest BCUT2D eigenvalue weighted by molar-refractivity contribution is -0.121. The van der Waals surface area contributed by atoms with Crippen LogP contribution in [-0.4, -0.2) is 50.5 Å². The predicted molar refractivity (Wildman–Crippen MR) is 116 cm³/mol. The first-order chi connectivity index (χ1) is 14.4. The molecule has 2 rings (SSSR count). The summed E-state index contributed by atoms with van der Waals surface area (Å²) in [5.74, 6) is 0.179. The van der Waals surface area contributed by atoms with E-state index in [0.717, 1.165) is 31.5 Å². The Kier molecular flexibility index (Phi) is 9.60. The van der Waals surface area contributed by atoms with Gasteiger partial charge in [-0.15, -0.1) is 0 Å². The molecule has 166 valence electrons. The van der Waals surface area contributed by atoms with Gasteiger partial charge < -0.3 is 26.0 Å². The van der Waals surface area contributed by atoms with E-state index in [2.05, 4.69) is 27.7 Å². The zero-order chi connectivity index (χ0) is 21.9. The van der Waals surface area contributed by atoms with Crippen molar-refractivity contribution in [2.45, 2.75) is 57.8 Å². The molecule has 0 radical (unpaired) electrons. The van der Waals surface area contributed by atoms with Gasteiger partial charge in [-0.2, -0.15) is 0 Å². The summed E-state index contributed by atoms with van der Waals surface area (Å²) in [6.45, 7) is 4.20. The molecule has 0 aromatic heterocycles. The molecular formula is C22H34N4O4. The molecule has 1 aromatic carbocycles. The molecule has 0 saturated carbocycles. The first-order valence-electron chi connectivity index (χ1n) is 10.6. The van der Waals surface area contributed by atoms with Crippen LogP contribution in [0.4, 0.5) is 5.69 Å².